The third-order valence-electron chi connectivity index (χ3n) is 3.49. The molecule has 0 aliphatic carbocycles. The van der Waals surface area contributed by atoms with Crippen LogP contribution in [0, 0.1) is 42.9 Å². The first-order valence-electron chi connectivity index (χ1n) is 6.91. The van der Waals surface area contributed by atoms with E-state index in [9.17, 15) is 26.7 Å². The van der Waals surface area contributed by atoms with Gasteiger partial charge in [-0.2, -0.15) is 0 Å². The maximum atomic E-state index is 13.7. The molecule has 0 radical (unpaired) electrons. The highest BCUT2D eigenvalue weighted by Gasteiger charge is 2.30. The number of thiazole rings is 1. The number of fused-ring (bicyclic) bond motifs is 1. The molecular weight excluding hydrogens is 363 g/mol. The van der Waals surface area contributed by atoms with E-state index < -0.39 is 40.6 Å². The molecule has 0 aliphatic rings. The molecule has 0 fully saturated rings. The second-order valence-electron chi connectivity index (χ2n) is 5.35. The van der Waals surface area contributed by atoms with Gasteiger partial charge in [-0.05, 0) is 31.0 Å². The Hall–Kier alpha value is -2.55. The second kappa shape index (κ2) is 6.07. The Kier molecular flexibility index (Phi) is 4.19. The Morgan fingerprint density at radius 2 is 1.52 bits per heavy atom. The lowest BCUT2D eigenvalue weighted by Gasteiger charge is -2.07. The average Bonchev–Trinajstić information content (AvgIpc) is 2.93. The quantitative estimate of drug-likeness (QED) is 0.397. The number of hydrogen-bond acceptors (Lipinski definition) is 3. The van der Waals surface area contributed by atoms with Gasteiger partial charge in [-0.25, -0.2) is 26.9 Å². The van der Waals surface area contributed by atoms with Crippen molar-refractivity contribution in [1.29, 1.82) is 0 Å². The van der Waals surface area contributed by atoms with Gasteiger partial charge in [-0.1, -0.05) is 17.4 Å². The standard InChI is InChI=1S/C16H9F5N2OS/c1-5-3-6(2)14-7(4-5)25-16(22-14)23-15(24)8-9(17)11(19)13(21)12(20)10(8)18/h3-4H,1-2H3,(H,22,23,24). The van der Waals surface area contributed by atoms with E-state index in [4.69, 9.17) is 0 Å². The summed E-state index contributed by atoms with van der Waals surface area (Å²) >= 11 is 1.02. The zero-order chi connectivity index (χ0) is 18.5. The zero-order valence-corrected chi connectivity index (χ0v) is 13.6. The number of anilines is 1. The number of nitrogens with zero attached hydrogens (tertiary/aromatic N) is 1. The van der Waals surface area contributed by atoms with E-state index in [2.05, 4.69) is 10.3 Å². The zero-order valence-electron chi connectivity index (χ0n) is 12.8. The van der Waals surface area contributed by atoms with Gasteiger partial charge in [0.25, 0.3) is 5.91 Å². The molecule has 3 nitrogen and oxygen atoms in total. The SMILES string of the molecule is Cc1cc(C)c2nc(NC(=O)c3c(F)c(F)c(F)c(F)c3F)sc2c1. The van der Waals surface area contributed by atoms with Crippen molar-refractivity contribution in [1.82, 2.24) is 4.98 Å². The summed E-state index contributed by atoms with van der Waals surface area (Å²) in [7, 11) is 0. The van der Waals surface area contributed by atoms with Gasteiger partial charge in [0.15, 0.2) is 28.4 Å². The van der Waals surface area contributed by atoms with Gasteiger partial charge in [0.2, 0.25) is 5.82 Å². The van der Waals surface area contributed by atoms with Crippen molar-refractivity contribution in [3.8, 4) is 0 Å². The first-order chi connectivity index (χ1) is 11.7. The summed E-state index contributed by atoms with van der Waals surface area (Å²) in [5.74, 6) is -12.5. The van der Waals surface area contributed by atoms with Gasteiger partial charge in [0, 0.05) is 0 Å². The fraction of sp³-hybridized carbons (Fsp3) is 0.125. The Morgan fingerprint density at radius 3 is 2.12 bits per heavy atom. The van der Waals surface area contributed by atoms with Crippen LogP contribution in [0.15, 0.2) is 12.1 Å². The summed E-state index contributed by atoms with van der Waals surface area (Å²) in [6, 6.07) is 3.66. The molecule has 0 saturated heterocycles. The fourth-order valence-electron chi connectivity index (χ4n) is 2.39. The van der Waals surface area contributed by atoms with Gasteiger partial charge in [0.1, 0.15) is 5.56 Å². The lowest BCUT2D eigenvalue weighted by atomic mass is 10.1. The van der Waals surface area contributed by atoms with E-state index in [1.807, 2.05) is 13.0 Å². The monoisotopic (exact) mass is 372 g/mol. The summed E-state index contributed by atoms with van der Waals surface area (Å²) in [5.41, 5.74) is 0.793. The molecule has 1 amide bonds. The van der Waals surface area contributed by atoms with Crippen LogP contribution < -0.4 is 5.32 Å². The van der Waals surface area contributed by atoms with Crippen molar-refractivity contribution in [3.05, 3.63) is 57.9 Å². The van der Waals surface area contributed by atoms with Crippen molar-refractivity contribution in [2.75, 3.05) is 5.32 Å². The summed E-state index contributed by atoms with van der Waals surface area (Å²) in [4.78, 5) is 16.1. The van der Waals surface area contributed by atoms with Crippen LogP contribution in [0.3, 0.4) is 0 Å². The van der Waals surface area contributed by atoms with Crippen molar-refractivity contribution in [2.24, 2.45) is 0 Å². The number of halogens is 5. The van der Waals surface area contributed by atoms with E-state index in [1.165, 1.54) is 0 Å². The highest BCUT2D eigenvalue weighted by Crippen LogP contribution is 2.30. The van der Waals surface area contributed by atoms with E-state index >= 15 is 0 Å². The largest absolute Gasteiger partial charge is 0.298 e. The predicted octanol–water partition coefficient (Wildman–Crippen LogP) is 4.86. The van der Waals surface area contributed by atoms with Crippen molar-refractivity contribution >= 4 is 32.6 Å². The molecule has 3 aromatic rings. The maximum absolute atomic E-state index is 13.7. The molecule has 9 heteroatoms. The van der Waals surface area contributed by atoms with Crippen LogP contribution in [0.1, 0.15) is 21.5 Å². The molecule has 0 spiro atoms. The molecule has 1 aromatic heterocycles. The molecule has 1 N–H and O–H groups in total. The van der Waals surface area contributed by atoms with Crippen LogP contribution in [-0.4, -0.2) is 10.9 Å². The highest BCUT2D eigenvalue weighted by atomic mass is 32.1. The van der Waals surface area contributed by atoms with Crippen molar-refractivity contribution in [3.63, 3.8) is 0 Å². The third-order valence-corrected chi connectivity index (χ3v) is 4.40. The Bertz CT molecular complexity index is 1000. The molecule has 3 rings (SSSR count). The van der Waals surface area contributed by atoms with Crippen LogP contribution in [-0.2, 0) is 0 Å². The first-order valence-corrected chi connectivity index (χ1v) is 7.73. The van der Waals surface area contributed by atoms with Crippen LogP contribution in [0.5, 0.6) is 0 Å². The number of aryl methyl sites for hydroxylation is 2. The van der Waals surface area contributed by atoms with E-state index in [0.717, 1.165) is 22.5 Å². The van der Waals surface area contributed by atoms with Crippen LogP contribution in [0.4, 0.5) is 27.1 Å². The first kappa shape index (κ1) is 17.3. The summed E-state index contributed by atoms with van der Waals surface area (Å²) in [6.45, 7) is 3.66. The van der Waals surface area contributed by atoms with E-state index in [0.29, 0.717) is 10.2 Å². The minimum absolute atomic E-state index is 0.0161. The summed E-state index contributed by atoms with van der Waals surface area (Å²) in [6.07, 6.45) is 0. The second-order valence-corrected chi connectivity index (χ2v) is 6.38. The predicted molar refractivity (Wildman–Crippen MR) is 83.3 cm³/mol. The molecular formula is C16H9F5N2OS. The minimum atomic E-state index is -2.32. The molecule has 130 valence electrons. The van der Waals surface area contributed by atoms with Crippen molar-refractivity contribution in [2.45, 2.75) is 13.8 Å². The number of benzene rings is 2. The van der Waals surface area contributed by atoms with E-state index in [1.54, 1.807) is 13.0 Å². The Balaban J connectivity index is 2.03. The number of amides is 1. The number of carbonyl (C=O) groups excluding carboxylic acids is 1. The molecule has 25 heavy (non-hydrogen) atoms. The summed E-state index contributed by atoms with van der Waals surface area (Å²) in [5, 5.41) is 2.07. The van der Waals surface area contributed by atoms with Crippen LogP contribution >= 0.6 is 11.3 Å². The average molecular weight is 372 g/mol. The third kappa shape index (κ3) is 2.84. The number of carbonyl (C=O) groups is 1. The number of nitrogens with one attached hydrogen (secondary N) is 1. The molecule has 0 unspecified atom stereocenters. The summed E-state index contributed by atoms with van der Waals surface area (Å²) < 4.78 is 67.5. The lowest BCUT2D eigenvalue weighted by molar-refractivity contribution is 0.101. The Morgan fingerprint density at radius 1 is 0.960 bits per heavy atom. The van der Waals surface area contributed by atoms with Gasteiger partial charge in [-0.15, -0.1) is 0 Å². The Labute approximate surface area is 142 Å². The number of aromatic nitrogens is 1. The topological polar surface area (TPSA) is 42.0 Å². The molecule has 1 heterocycles. The molecule has 0 aliphatic heterocycles. The van der Waals surface area contributed by atoms with Crippen LogP contribution in [0.2, 0.25) is 0 Å². The van der Waals surface area contributed by atoms with Crippen LogP contribution in [0.25, 0.3) is 10.2 Å². The fourth-order valence-corrected chi connectivity index (χ4v) is 3.43. The van der Waals surface area contributed by atoms with Crippen molar-refractivity contribution < 1.29 is 26.7 Å². The van der Waals surface area contributed by atoms with Gasteiger partial charge >= 0.3 is 0 Å². The lowest BCUT2D eigenvalue weighted by Crippen LogP contribution is -2.19. The molecule has 0 saturated carbocycles. The van der Waals surface area contributed by atoms with Gasteiger partial charge < -0.3 is 0 Å². The molecule has 2 aromatic carbocycles. The molecule has 0 bridgehead atoms. The normalized spacial score (nSPS) is 11.2. The van der Waals surface area contributed by atoms with Gasteiger partial charge in [0.05, 0.1) is 10.2 Å². The van der Waals surface area contributed by atoms with E-state index in [-0.39, 0.29) is 5.13 Å². The number of hydrogen-bond donors (Lipinski definition) is 1. The van der Waals surface area contributed by atoms with Gasteiger partial charge in [-0.3, -0.25) is 10.1 Å². The number of rotatable bonds is 2. The maximum Gasteiger partial charge on any atom is 0.263 e. The highest BCUT2D eigenvalue weighted by molar-refractivity contribution is 7.22. The smallest absolute Gasteiger partial charge is 0.263 e. The minimum Gasteiger partial charge on any atom is -0.298 e. The molecule has 0 atom stereocenters.